The second-order valence-corrected chi connectivity index (χ2v) is 7.12. The predicted molar refractivity (Wildman–Crippen MR) is 107 cm³/mol. The zero-order chi connectivity index (χ0) is 18.9. The van der Waals surface area contributed by atoms with Gasteiger partial charge in [-0.15, -0.1) is 10.2 Å². The number of aromatic nitrogens is 3. The van der Waals surface area contributed by atoms with Crippen molar-refractivity contribution in [1.82, 2.24) is 25.0 Å². The highest BCUT2D eigenvalue weighted by Crippen LogP contribution is 2.06. The van der Waals surface area contributed by atoms with Crippen LogP contribution in [0, 0.1) is 12.8 Å². The fourth-order valence-electron chi connectivity index (χ4n) is 2.65. The van der Waals surface area contributed by atoms with Crippen LogP contribution in [0.1, 0.15) is 37.7 Å². The first-order chi connectivity index (χ1) is 12.5. The molecule has 2 rings (SSSR count). The Bertz CT molecular complexity index is 687. The van der Waals surface area contributed by atoms with Crippen molar-refractivity contribution in [2.45, 2.75) is 47.2 Å². The summed E-state index contributed by atoms with van der Waals surface area (Å²) in [6, 6.07) is 8.66. The average Bonchev–Trinajstić information content (AvgIpc) is 3.07. The molecule has 0 unspecified atom stereocenters. The molecule has 0 saturated heterocycles. The van der Waals surface area contributed by atoms with E-state index in [0.29, 0.717) is 5.92 Å². The summed E-state index contributed by atoms with van der Waals surface area (Å²) in [5.74, 6) is 2.48. The average molecular weight is 357 g/mol. The number of aryl methyl sites for hydroxylation is 2. The molecule has 142 valence electrons. The lowest BCUT2D eigenvalue weighted by Crippen LogP contribution is -2.40. The minimum Gasteiger partial charge on any atom is -0.354 e. The van der Waals surface area contributed by atoms with Gasteiger partial charge in [-0.3, -0.25) is 4.99 Å². The third-order valence-corrected chi connectivity index (χ3v) is 4.16. The van der Waals surface area contributed by atoms with Gasteiger partial charge in [-0.25, -0.2) is 0 Å². The van der Waals surface area contributed by atoms with Gasteiger partial charge in [0.05, 0.1) is 0 Å². The molecule has 6 heteroatoms. The summed E-state index contributed by atoms with van der Waals surface area (Å²) in [7, 11) is 2.09. The van der Waals surface area contributed by atoms with Crippen LogP contribution >= 0.6 is 0 Å². The van der Waals surface area contributed by atoms with Crippen molar-refractivity contribution in [3.05, 3.63) is 47.5 Å². The number of nitrogens with zero attached hydrogens (tertiary/aromatic N) is 5. The van der Waals surface area contributed by atoms with Crippen LogP contribution in [0.5, 0.6) is 0 Å². The second-order valence-electron chi connectivity index (χ2n) is 7.12. The molecule has 1 heterocycles. The number of rotatable bonds is 8. The van der Waals surface area contributed by atoms with Gasteiger partial charge in [0, 0.05) is 39.6 Å². The lowest BCUT2D eigenvalue weighted by atomic mass is 10.1. The first kappa shape index (κ1) is 19.9. The Balaban J connectivity index is 1.97. The van der Waals surface area contributed by atoms with Crippen LogP contribution in [0.3, 0.4) is 0 Å². The Morgan fingerprint density at radius 1 is 1.27 bits per heavy atom. The number of hydrogen-bond donors (Lipinski definition) is 1. The summed E-state index contributed by atoms with van der Waals surface area (Å²) >= 11 is 0. The van der Waals surface area contributed by atoms with Gasteiger partial charge in [0.2, 0.25) is 0 Å². The van der Waals surface area contributed by atoms with Gasteiger partial charge in [-0.05, 0) is 18.4 Å². The Morgan fingerprint density at radius 3 is 2.65 bits per heavy atom. The summed E-state index contributed by atoms with van der Waals surface area (Å²) in [5, 5.41) is 11.6. The molecule has 0 fully saturated rings. The highest BCUT2D eigenvalue weighted by molar-refractivity contribution is 5.79. The smallest absolute Gasteiger partial charge is 0.194 e. The molecule has 1 aromatic heterocycles. The quantitative estimate of drug-likeness (QED) is 0.584. The van der Waals surface area contributed by atoms with Crippen LogP contribution in [-0.2, 0) is 19.5 Å². The standard InChI is InChI=1S/C20H32N6/c1-6-19-24-23-15-26(19)12-11-21-20(22-13-16(2)3)25(5)14-18-9-7-17(4)8-10-18/h7-10,15-16H,6,11-14H2,1-5H3,(H,21,22). The van der Waals surface area contributed by atoms with Gasteiger partial charge in [0.15, 0.2) is 5.96 Å². The molecule has 0 saturated carbocycles. The molecule has 26 heavy (non-hydrogen) atoms. The van der Waals surface area contributed by atoms with Crippen LogP contribution in [0.25, 0.3) is 0 Å². The molecule has 0 bridgehead atoms. The zero-order valence-corrected chi connectivity index (χ0v) is 16.7. The van der Waals surface area contributed by atoms with E-state index >= 15 is 0 Å². The maximum absolute atomic E-state index is 4.79. The molecular weight excluding hydrogens is 324 g/mol. The normalized spacial score (nSPS) is 11.8. The van der Waals surface area contributed by atoms with Crippen LogP contribution in [0.15, 0.2) is 35.6 Å². The van der Waals surface area contributed by atoms with Gasteiger partial charge < -0.3 is 14.8 Å². The van der Waals surface area contributed by atoms with E-state index in [1.807, 2.05) is 0 Å². The summed E-state index contributed by atoms with van der Waals surface area (Å²) in [6.45, 7) is 11.8. The molecule has 0 aliphatic carbocycles. The van der Waals surface area contributed by atoms with Crippen molar-refractivity contribution in [3.8, 4) is 0 Å². The van der Waals surface area contributed by atoms with Gasteiger partial charge in [-0.2, -0.15) is 0 Å². The van der Waals surface area contributed by atoms with Crippen molar-refractivity contribution in [2.24, 2.45) is 10.9 Å². The molecule has 1 aromatic carbocycles. The highest BCUT2D eigenvalue weighted by atomic mass is 15.3. The summed E-state index contributed by atoms with van der Waals surface area (Å²) < 4.78 is 2.09. The van der Waals surface area contributed by atoms with Crippen LogP contribution < -0.4 is 5.32 Å². The van der Waals surface area contributed by atoms with E-state index in [4.69, 9.17) is 4.99 Å². The Labute approximate surface area is 157 Å². The number of benzene rings is 1. The summed E-state index contributed by atoms with van der Waals surface area (Å²) in [4.78, 5) is 6.97. The van der Waals surface area contributed by atoms with E-state index in [9.17, 15) is 0 Å². The van der Waals surface area contributed by atoms with Crippen LogP contribution in [-0.4, -0.2) is 45.8 Å². The first-order valence-electron chi connectivity index (χ1n) is 9.41. The molecule has 0 atom stereocenters. The van der Waals surface area contributed by atoms with Crippen LogP contribution in [0.4, 0.5) is 0 Å². The number of hydrogen-bond acceptors (Lipinski definition) is 3. The molecule has 1 N–H and O–H groups in total. The van der Waals surface area contributed by atoms with E-state index in [2.05, 4.69) is 84.0 Å². The number of nitrogens with one attached hydrogen (secondary N) is 1. The number of aliphatic imine (C=N–C) groups is 1. The Morgan fingerprint density at radius 2 is 2.00 bits per heavy atom. The third kappa shape index (κ3) is 6.17. The van der Waals surface area contributed by atoms with Gasteiger partial charge >= 0.3 is 0 Å². The maximum Gasteiger partial charge on any atom is 0.194 e. The summed E-state index contributed by atoms with van der Waals surface area (Å²) in [6.07, 6.45) is 2.68. The van der Waals surface area contributed by atoms with Crippen molar-refractivity contribution in [1.29, 1.82) is 0 Å². The SMILES string of the molecule is CCc1nncn1CCNC(=NCC(C)C)N(C)Cc1ccc(C)cc1. The molecule has 6 nitrogen and oxygen atoms in total. The zero-order valence-electron chi connectivity index (χ0n) is 16.7. The van der Waals surface area contributed by atoms with Gasteiger partial charge in [0.25, 0.3) is 0 Å². The van der Waals surface area contributed by atoms with Crippen molar-refractivity contribution < 1.29 is 0 Å². The number of guanidine groups is 1. The topological polar surface area (TPSA) is 58.3 Å². The van der Waals surface area contributed by atoms with Crippen molar-refractivity contribution >= 4 is 5.96 Å². The molecular formula is C20H32N6. The Hall–Kier alpha value is -2.37. The lowest BCUT2D eigenvalue weighted by molar-refractivity contribution is 0.467. The highest BCUT2D eigenvalue weighted by Gasteiger charge is 2.08. The third-order valence-electron chi connectivity index (χ3n) is 4.16. The first-order valence-corrected chi connectivity index (χ1v) is 9.41. The van der Waals surface area contributed by atoms with E-state index in [1.165, 1.54) is 11.1 Å². The minimum absolute atomic E-state index is 0.532. The predicted octanol–water partition coefficient (Wildman–Crippen LogP) is 2.88. The molecule has 2 aromatic rings. The molecule has 0 aliphatic rings. The molecule has 0 amide bonds. The molecule has 0 spiro atoms. The van der Waals surface area contributed by atoms with Gasteiger partial charge in [0.1, 0.15) is 12.2 Å². The van der Waals surface area contributed by atoms with E-state index in [0.717, 1.165) is 44.4 Å². The maximum atomic E-state index is 4.79. The van der Waals surface area contributed by atoms with E-state index in [-0.39, 0.29) is 0 Å². The Kier molecular flexibility index (Phi) is 7.63. The summed E-state index contributed by atoms with van der Waals surface area (Å²) in [5.41, 5.74) is 2.56. The largest absolute Gasteiger partial charge is 0.354 e. The molecule has 0 aliphatic heterocycles. The monoisotopic (exact) mass is 356 g/mol. The van der Waals surface area contributed by atoms with E-state index < -0.39 is 0 Å². The fraction of sp³-hybridized carbons (Fsp3) is 0.550. The van der Waals surface area contributed by atoms with Crippen LogP contribution in [0.2, 0.25) is 0 Å². The van der Waals surface area contributed by atoms with Crippen molar-refractivity contribution in [3.63, 3.8) is 0 Å². The van der Waals surface area contributed by atoms with Crippen molar-refractivity contribution in [2.75, 3.05) is 20.1 Å². The molecule has 0 radical (unpaired) electrons. The van der Waals surface area contributed by atoms with E-state index in [1.54, 1.807) is 6.33 Å². The van der Waals surface area contributed by atoms with Gasteiger partial charge in [-0.1, -0.05) is 50.6 Å². The minimum atomic E-state index is 0.532. The fourth-order valence-corrected chi connectivity index (χ4v) is 2.65. The lowest BCUT2D eigenvalue weighted by Gasteiger charge is -2.23. The second kappa shape index (κ2) is 9.94.